The molecule has 0 N–H and O–H groups in total. The lowest BCUT2D eigenvalue weighted by atomic mass is 10.1. The Morgan fingerprint density at radius 2 is 2.06 bits per heavy atom. The number of rotatable bonds is 5. The molecular formula is C14H20O3. The molecule has 1 heterocycles. The van der Waals surface area contributed by atoms with Gasteiger partial charge in [0.2, 0.25) is 0 Å². The fourth-order valence-electron chi connectivity index (χ4n) is 1.79. The molecule has 0 aliphatic carbocycles. The smallest absolute Gasteiger partial charge is 0.119 e. The van der Waals surface area contributed by atoms with E-state index in [0.29, 0.717) is 19.8 Å². The largest absolute Gasteiger partial charge is 0.494 e. The Hall–Kier alpha value is -1.06. The molecule has 0 bridgehead atoms. The molecule has 1 unspecified atom stereocenters. The third-order valence-electron chi connectivity index (χ3n) is 2.83. The van der Waals surface area contributed by atoms with Crippen LogP contribution in [0.25, 0.3) is 0 Å². The number of benzene rings is 1. The van der Waals surface area contributed by atoms with Gasteiger partial charge >= 0.3 is 0 Å². The van der Waals surface area contributed by atoms with Crippen LogP contribution < -0.4 is 4.74 Å². The molecular weight excluding hydrogens is 216 g/mol. The molecule has 0 spiro atoms. The van der Waals surface area contributed by atoms with Crippen LogP contribution in [-0.2, 0) is 9.47 Å². The van der Waals surface area contributed by atoms with Crippen LogP contribution in [0.5, 0.6) is 5.75 Å². The average molecular weight is 236 g/mol. The Kier molecular flexibility index (Phi) is 4.83. The monoisotopic (exact) mass is 236 g/mol. The van der Waals surface area contributed by atoms with E-state index < -0.39 is 0 Å². The molecule has 0 amide bonds. The van der Waals surface area contributed by atoms with Crippen LogP contribution in [0.15, 0.2) is 24.3 Å². The van der Waals surface area contributed by atoms with E-state index in [1.165, 1.54) is 0 Å². The summed E-state index contributed by atoms with van der Waals surface area (Å²) < 4.78 is 16.6. The van der Waals surface area contributed by atoms with Gasteiger partial charge in [-0.15, -0.1) is 0 Å². The first-order valence-electron chi connectivity index (χ1n) is 6.32. The van der Waals surface area contributed by atoms with Crippen molar-refractivity contribution in [3.05, 3.63) is 29.8 Å². The second-order valence-electron chi connectivity index (χ2n) is 4.21. The zero-order valence-electron chi connectivity index (χ0n) is 10.4. The first kappa shape index (κ1) is 12.4. The lowest BCUT2D eigenvalue weighted by Crippen LogP contribution is -2.21. The summed E-state index contributed by atoms with van der Waals surface area (Å²) in [5.74, 6) is 0.930. The highest BCUT2D eigenvalue weighted by Crippen LogP contribution is 2.23. The van der Waals surface area contributed by atoms with E-state index in [-0.39, 0.29) is 6.10 Å². The zero-order chi connectivity index (χ0) is 11.9. The average Bonchev–Trinajstić information content (AvgIpc) is 2.41. The van der Waals surface area contributed by atoms with E-state index in [0.717, 1.165) is 30.8 Å². The minimum absolute atomic E-state index is 0.0773. The van der Waals surface area contributed by atoms with Gasteiger partial charge in [-0.2, -0.15) is 0 Å². The van der Waals surface area contributed by atoms with Crippen molar-refractivity contribution in [2.45, 2.75) is 25.9 Å². The first-order chi connectivity index (χ1) is 8.40. The second kappa shape index (κ2) is 6.62. The van der Waals surface area contributed by atoms with Crippen molar-refractivity contribution < 1.29 is 14.2 Å². The zero-order valence-corrected chi connectivity index (χ0v) is 10.4. The molecule has 1 atom stereocenters. The Bertz CT molecular complexity index is 315. The summed E-state index contributed by atoms with van der Waals surface area (Å²) in [6.45, 7) is 4.98. The van der Waals surface area contributed by atoms with Gasteiger partial charge in [-0.25, -0.2) is 0 Å². The van der Waals surface area contributed by atoms with E-state index in [4.69, 9.17) is 14.2 Å². The predicted octanol–water partition coefficient (Wildman–Crippen LogP) is 2.95. The molecule has 0 aromatic heterocycles. The van der Waals surface area contributed by atoms with E-state index in [1.807, 2.05) is 12.1 Å². The van der Waals surface area contributed by atoms with Crippen molar-refractivity contribution >= 4 is 0 Å². The molecule has 0 saturated carbocycles. The van der Waals surface area contributed by atoms with Crippen LogP contribution in [0.1, 0.15) is 31.4 Å². The van der Waals surface area contributed by atoms with Gasteiger partial charge < -0.3 is 14.2 Å². The first-order valence-corrected chi connectivity index (χ1v) is 6.32. The van der Waals surface area contributed by atoms with Gasteiger partial charge in [0.05, 0.1) is 26.4 Å². The van der Waals surface area contributed by atoms with Crippen LogP contribution in [0.3, 0.4) is 0 Å². The van der Waals surface area contributed by atoms with Crippen molar-refractivity contribution in [3.8, 4) is 5.75 Å². The summed E-state index contributed by atoms with van der Waals surface area (Å²) in [7, 11) is 0. The molecule has 3 heteroatoms. The maximum atomic E-state index is 5.64. The Labute approximate surface area is 103 Å². The molecule has 1 aromatic carbocycles. The van der Waals surface area contributed by atoms with Crippen molar-refractivity contribution in [2.75, 3.05) is 26.4 Å². The molecule has 0 radical (unpaired) electrons. The van der Waals surface area contributed by atoms with E-state index in [1.54, 1.807) is 0 Å². The molecule has 1 aliphatic heterocycles. The number of hydrogen-bond donors (Lipinski definition) is 0. The molecule has 17 heavy (non-hydrogen) atoms. The van der Waals surface area contributed by atoms with Gasteiger partial charge in [0.25, 0.3) is 0 Å². The predicted molar refractivity (Wildman–Crippen MR) is 66.4 cm³/mol. The summed E-state index contributed by atoms with van der Waals surface area (Å²) >= 11 is 0. The normalized spacial score (nSPS) is 20.2. The van der Waals surface area contributed by atoms with Gasteiger partial charge in [-0.3, -0.25) is 0 Å². The second-order valence-corrected chi connectivity index (χ2v) is 4.21. The molecule has 1 fully saturated rings. The highest BCUT2D eigenvalue weighted by atomic mass is 16.6. The fourth-order valence-corrected chi connectivity index (χ4v) is 1.79. The number of unbranched alkanes of at least 4 members (excludes halogenated alkanes) is 1. The van der Waals surface area contributed by atoms with Crippen LogP contribution in [0, 0.1) is 0 Å². The minimum atomic E-state index is 0.0773. The summed E-state index contributed by atoms with van der Waals surface area (Å²) in [6, 6.07) is 8.12. The topological polar surface area (TPSA) is 27.7 Å². The Morgan fingerprint density at radius 1 is 1.24 bits per heavy atom. The highest BCUT2D eigenvalue weighted by molar-refractivity contribution is 5.28. The van der Waals surface area contributed by atoms with Crippen molar-refractivity contribution in [2.24, 2.45) is 0 Å². The summed E-state index contributed by atoms with van der Waals surface area (Å²) in [5, 5.41) is 0. The van der Waals surface area contributed by atoms with E-state index in [2.05, 4.69) is 19.1 Å². The van der Waals surface area contributed by atoms with Gasteiger partial charge in [0.1, 0.15) is 11.9 Å². The highest BCUT2D eigenvalue weighted by Gasteiger charge is 2.16. The molecule has 2 rings (SSSR count). The maximum Gasteiger partial charge on any atom is 0.119 e. The molecule has 94 valence electrons. The summed E-state index contributed by atoms with van der Waals surface area (Å²) in [6.07, 6.45) is 2.33. The lowest BCUT2D eigenvalue weighted by molar-refractivity contribution is -0.0901. The van der Waals surface area contributed by atoms with Gasteiger partial charge in [-0.05, 0) is 24.1 Å². The quantitative estimate of drug-likeness (QED) is 0.736. The van der Waals surface area contributed by atoms with Crippen molar-refractivity contribution in [1.29, 1.82) is 0 Å². The van der Waals surface area contributed by atoms with Crippen molar-refractivity contribution in [1.82, 2.24) is 0 Å². The van der Waals surface area contributed by atoms with Crippen LogP contribution in [0.2, 0.25) is 0 Å². The molecule has 1 aromatic rings. The lowest BCUT2D eigenvalue weighted by Gasteiger charge is -2.23. The van der Waals surface area contributed by atoms with E-state index >= 15 is 0 Å². The molecule has 1 aliphatic rings. The van der Waals surface area contributed by atoms with Crippen LogP contribution >= 0.6 is 0 Å². The fraction of sp³-hybridized carbons (Fsp3) is 0.571. The third-order valence-corrected chi connectivity index (χ3v) is 2.83. The molecule has 3 nitrogen and oxygen atoms in total. The minimum Gasteiger partial charge on any atom is -0.494 e. The molecule has 1 saturated heterocycles. The van der Waals surface area contributed by atoms with Gasteiger partial charge in [-0.1, -0.05) is 25.5 Å². The van der Waals surface area contributed by atoms with Gasteiger partial charge in [0, 0.05) is 0 Å². The third kappa shape index (κ3) is 3.72. The maximum absolute atomic E-state index is 5.64. The van der Waals surface area contributed by atoms with Gasteiger partial charge in [0.15, 0.2) is 0 Å². The number of hydrogen-bond acceptors (Lipinski definition) is 3. The summed E-state index contributed by atoms with van der Waals surface area (Å²) in [5.41, 5.74) is 1.16. The Morgan fingerprint density at radius 3 is 2.71 bits per heavy atom. The van der Waals surface area contributed by atoms with Crippen LogP contribution in [-0.4, -0.2) is 26.4 Å². The summed E-state index contributed by atoms with van der Waals surface area (Å²) in [4.78, 5) is 0. The Balaban J connectivity index is 1.88. The SMILES string of the molecule is CCCCOc1ccc(C2COCCO2)cc1. The number of ether oxygens (including phenoxy) is 3. The van der Waals surface area contributed by atoms with E-state index in [9.17, 15) is 0 Å². The van der Waals surface area contributed by atoms with Crippen LogP contribution in [0.4, 0.5) is 0 Å². The standard InChI is InChI=1S/C14H20O3/c1-2-3-8-16-13-6-4-12(5-7-13)14-11-15-9-10-17-14/h4-7,14H,2-3,8-11H2,1H3. The van der Waals surface area contributed by atoms with Crippen molar-refractivity contribution in [3.63, 3.8) is 0 Å².